The van der Waals surface area contributed by atoms with Crippen LogP contribution in [0.1, 0.15) is 5.56 Å². The number of hydrogen-bond acceptors (Lipinski definition) is 4. The average Bonchev–Trinajstić information content (AvgIpc) is 2.71. The number of benzene rings is 3. The molecule has 0 heterocycles. The molecule has 28 heavy (non-hydrogen) atoms. The number of hydrazone groups is 1. The van der Waals surface area contributed by atoms with E-state index in [9.17, 15) is 9.90 Å². The number of aromatic hydroxyl groups is 1. The maximum atomic E-state index is 11.9. The number of carbonyl (C=O) groups is 1. The predicted molar refractivity (Wildman–Crippen MR) is 127 cm³/mol. The molecule has 7 heteroatoms. The molecule has 0 spiro atoms. The fourth-order valence-corrected chi connectivity index (χ4v) is 4.30. The van der Waals surface area contributed by atoms with Gasteiger partial charge in [0.15, 0.2) is 6.61 Å². The van der Waals surface area contributed by atoms with E-state index in [4.69, 9.17) is 4.74 Å². The van der Waals surface area contributed by atoms with Crippen LogP contribution in [0.5, 0.6) is 11.5 Å². The van der Waals surface area contributed by atoms with Gasteiger partial charge in [0.2, 0.25) is 0 Å². The second-order valence-corrected chi connectivity index (χ2v) is 8.21. The van der Waals surface area contributed by atoms with E-state index in [1.54, 1.807) is 6.07 Å². The van der Waals surface area contributed by atoms with Crippen LogP contribution in [0.25, 0.3) is 11.1 Å². The van der Waals surface area contributed by atoms with Crippen molar-refractivity contribution in [3.63, 3.8) is 0 Å². The van der Waals surface area contributed by atoms with Crippen LogP contribution in [0.4, 0.5) is 0 Å². The smallest absolute Gasteiger partial charge is 0.277 e. The molecule has 0 saturated carbocycles. The van der Waals surface area contributed by atoms with Crippen LogP contribution in [-0.4, -0.2) is 23.8 Å². The summed E-state index contributed by atoms with van der Waals surface area (Å²) < 4.78 is 7.17. The molecule has 0 unspecified atom stereocenters. The Morgan fingerprint density at radius 1 is 1.04 bits per heavy atom. The molecule has 0 bridgehead atoms. The third-order valence-electron chi connectivity index (χ3n) is 3.78. The van der Waals surface area contributed by atoms with Gasteiger partial charge in [0.05, 0.1) is 9.78 Å². The molecule has 142 valence electrons. The lowest BCUT2D eigenvalue weighted by atomic mass is 10.1. The molecule has 0 aliphatic heterocycles. The summed E-state index contributed by atoms with van der Waals surface area (Å²) in [5, 5.41) is 13.9. The fraction of sp³-hybridized carbons (Fsp3) is 0.0476. The third kappa shape index (κ3) is 5.68. The number of rotatable bonds is 6. The first-order chi connectivity index (χ1) is 13.5. The lowest BCUT2D eigenvalue weighted by Gasteiger charge is -2.07. The van der Waals surface area contributed by atoms with Gasteiger partial charge in [0, 0.05) is 9.13 Å². The predicted octanol–water partition coefficient (Wildman–Crippen LogP) is 4.80. The molecule has 2 N–H and O–H groups in total. The highest BCUT2D eigenvalue weighted by atomic mass is 127. The number of amides is 1. The second-order valence-electron chi connectivity index (χ2n) is 5.80. The quantitative estimate of drug-likeness (QED) is 0.244. The molecule has 3 aromatic rings. The molecule has 5 nitrogen and oxygen atoms in total. The Labute approximate surface area is 190 Å². The minimum atomic E-state index is -0.386. The number of hydrogen-bond donors (Lipinski definition) is 2. The molecule has 0 aromatic heterocycles. The second kappa shape index (κ2) is 9.87. The van der Waals surface area contributed by atoms with E-state index in [0.717, 1.165) is 18.3 Å². The molecule has 0 aliphatic carbocycles. The largest absolute Gasteiger partial charge is 0.506 e. The lowest BCUT2D eigenvalue weighted by Crippen LogP contribution is -2.24. The SMILES string of the molecule is O=C(COc1ccc(-c2ccccc2)cc1)N/N=C\c1cc(I)cc(I)c1O. The van der Waals surface area contributed by atoms with Crippen LogP contribution in [0.3, 0.4) is 0 Å². The topological polar surface area (TPSA) is 70.9 Å². The third-order valence-corrected chi connectivity index (χ3v) is 5.23. The number of nitrogens with zero attached hydrogens (tertiary/aromatic N) is 1. The standard InChI is InChI=1S/C21H16I2N2O3/c22-17-10-16(21(27)19(23)11-17)12-24-25-20(26)13-28-18-8-6-15(7-9-18)14-4-2-1-3-5-14/h1-12,27H,13H2,(H,25,26)/b24-12-. The molecule has 3 rings (SSSR count). The van der Waals surface area contributed by atoms with Crippen molar-refractivity contribution >= 4 is 57.3 Å². The van der Waals surface area contributed by atoms with Crippen molar-refractivity contribution in [1.29, 1.82) is 0 Å². The van der Waals surface area contributed by atoms with Crippen molar-refractivity contribution in [2.45, 2.75) is 0 Å². The Morgan fingerprint density at radius 3 is 2.43 bits per heavy atom. The van der Waals surface area contributed by atoms with Crippen molar-refractivity contribution in [2.75, 3.05) is 6.61 Å². The van der Waals surface area contributed by atoms with E-state index in [1.807, 2.05) is 83.3 Å². The molecule has 0 fully saturated rings. The first kappa shape index (κ1) is 20.6. The minimum absolute atomic E-state index is 0.133. The number of nitrogens with one attached hydrogen (secondary N) is 1. The van der Waals surface area contributed by atoms with Gasteiger partial charge in [-0.15, -0.1) is 0 Å². The zero-order valence-electron chi connectivity index (χ0n) is 14.6. The highest BCUT2D eigenvalue weighted by Crippen LogP contribution is 2.25. The summed E-state index contributed by atoms with van der Waals surface area (Å²) in [6.07, 6.45) is 1.41. The van der Waals surface area contributed by atoms with Crippen LogP contribution in [0, 0.1) is 7.14 Å². The van der Waals surface area contributed by atoms with E-state index in [2.05, 4.69) is 33.1 Å². The maximum Gasteiger partial charge on any atom is 0.277 e. The molecule has 0 aliphatic rings. The zero-order chi connectivity index (χ0) is 19.9. The van der Waals surface area contributed by atoms with Crippen LogP contribution >= 0.6 is 45.2 Å². The molecule has 0 saturated heterocycles. The van der Waals surface area contributed by atoms with Gasteiger partial charge in [-0.2, -0.15) is 5.10 Å². The van der Waals surface area contributed by atoms with E-state index >= 15 is 0 Å². The van der Waals surface area contributed by atoms with Crippen molar-refractivity contribution in [2.24, 2.45) is 5.10 Å². The van der Waals surface area contributed by atoms with Gasteiger partial charge in [0.1, 0.15) is 11.5 Å². The summed E-state index contributed by atoms with van der Waals surface area (Å²) in [5.41, 5.74) is 5.13. The van der Waals surface area contributed by atoms with E-state index in [0.29, 0.717) is 11.3 Å². The van der Waals surface area contributed by atoms with Gasteiger partial charge in [-0.25, -0.2) is 5.43 Å². The summed E-state index contributed by atoms with van der Waals surface area (Å²) in [6, 6.07) is 21.2. The molecule has 0 radical (unpaired) electrons. The van der Waals surface area contributed by atoms with Gasteiger partial charge in [0.25, 0.3) is 5.91 Å². The first-order valence-corrected chi connectivity index (χ1v) is 10.5. The van der Waals surface area contributed by atoms with Gasteiger partial charge in [-0.1, -0.05) is 42.5 Å². The Balaban J connectivity index is 1.52. The van der Waals surface area contributed by atoms with Crippen LogP contribution in [0.2, 0.25) is 0 Å². The van der Waals surface area contributed by atoms with E-state index < -0.39 is 0 Å². The fourth-order valence-electron chi connectivity index (χ4n) is 2.41. The van der Waals surface area contributed by atoms with Crippen molar-refractivity contribution < 1.29 is 14.6 Å². The highest BCUT2D eigenvalue weighted by Gasteiger charge is 2.06. The van der Waals surface area contributed by atoms with Crippen LogP contribution in [-0.2, 0) is 4.79 Å². The summed E-state index contributed by atoms with van der Waals surface area (Å²) in [4.78, 5) is 11.9. The Bertz CT molecular complexity index is 991. The Kier molecular flexibility index (Phi) is 7.26. The van der Waals surface area contributed by atoms with Gasteiger partial charge < -0.3 is 9.84 Å². The highest BCUT2D eigenvalue weighted by molar-refractivity contribution is 14.1. The molecule has 0 atom stereocenters. The summed E-state index contributed by atoms with van der Waals surface area (Å²) in [7, 11) is 0. The van der Waals surface area contributed by atoms with E-state index in [1.165, 1.54) is 6.21 Å². The van der Waals surface area contributed by atoms with Crippen molar-refractivity contribution in [1.82, 2.24) is 5.43 Å². The Hall–Kier alpha value is -2.14. The molecular formula is C21H16I2N2O3. The molecule has 3 aromatic carbocycles. The average molecular weight is 598 g/mol. The molecule has 1 amide bonds. The van der Waals surface area contributed by atoms with Crippen molar-refractivity contribution in [3.8, 4) is 22.6 Å². The number of phenols is 1. The summed E-state index contributed by atoms with van der Waals surface area (Å²) >= 11 is 4.20. The minimum Gasteiger partial charge on any atom is -0.506 e. The number of ether oxygens (including phenoxy) is 1. The zero-order valence-corrected chi connectivity index (χ0v) is 18.9. The van der Waals surface area contributed by atoms with Gasteiger partial charge >= 0.3 is 0 Å². The van der Waals surface area contributed by atoms with Gasteiger partial charge in [-0.05, 0) is 80.6 Å². The number of phenolic OH excluding ortho intramolecular Hbond substituents is 1. The monoisotopic (exact) mass is 598 g/mol. The molecular weight excluding hydrogens is 582 g/mol. The van der Waals surface area contributed by atoms with Crippen LogP contribution < -0.4 is 10.2 Å². The number of carbonyl (C=O) groups excluding carboxylic acids is 1. The number of halogens is 2. The van der Waals surface area contributed by atoms with Crippen molar-refractivity contribution in [3.05, 3.63) is 79.4 Å². The van der Waals surface area contributed by atoms with E-state index in [-0.39, 0.29) is 18.3 Å². The maximum absolute atomic E-state index is 11.9. The van der Waals surface area contributed by atoms with Gasteiger partial charge in [-0.3, -0.25) is 4.79 Å². The lowest BCUT2D eigenvalue weighted by molar-refractivity contribution is -0.123. The normalized spacial score (nSPS) is 10.8. The van der Waals surface area contributed by atoms with Crippen LogP contribution in [0.15, 0.2) is 71.8 Å². The summed E-state index contributed by atoms with van der Waals surface area (Å²) in [6.45, 7) is -0.155. The summed E-state index contributed by atoms with van der Waals surface area (Å²) in [5.74, 6) is 0.348. The Morgan fingerprint density at radius 2 is 1.71 bits per heavy atom. The first-order valence-electron chi connectivity index (χ1n) is 8.31.